The lowest BCUT2D eigenvalue weighted by Crippen LogP contribution is -2.14. The molecule has 1 amide bonds. The van der Waals surface area contributed by atoms with E-state index in [0.717, 1.165) is 18.2 Å². The summed E-state index contributed by atoms with van der Waals surface area (Å²) in [6.45, 7) is 0. The standard InChI is InChI=1S/C13H8FIN2O4/c14-10-5-7(1-4-12(10)18)16-13(19)9-6-8(17(20)21)2-3-11(9)15/h1-6,18H,(H,16,19). The van der Waals surface area contributed by atoms with E-state index in [4.69, 9.17) is 5.11 Å². The number of nitro groups is 1. The zero-order valence-corrected chi connectivity index (χ0v) is 12.5. The van der Waals surface area contributed by atoms with Gasteiger partial charge in [0.1, 0.15) is 0 Å². The number of rotatable bonds is 3. The Balaban J connectivity index is 2.29. The van der Waals surface area contributed by atoms with Crippen molar-refractivity contribution in [1.29, 1.82) is 0 Å². The molecule has 0 saturated heterocycles. The predicted octanol–water partition coefficient (Wildman–Crippen LogP) is 3.30. The van der Waals surface area contributed by atoms with E-state index >= 15 is 0 Å². The highest BCUT2D eigenvalue weighted by molar-refractivity contribution is 14.1. The van der Waals surface area contributed by atoms with E-state index in [1.807, 2.05) is 22.6 Å². The molecule has 6 nitrogen and oxygen atoms in total. The van der Waals surface area contributed by atoms with E-state index in [1.165, 1.54) is 18.2 Å². The summed E-state index contributed by atoms with van der Waals surface area (Å²) in [6, 6.07) is 7.26. The topological polar surface area (TPSA) is 92.5 Å². The number of nitro benzene ring substituents is 1. The maximum Gasteiger partial charge on any atom is 0.270 e. The summed E-state index contributed by atoms with van der Waals surface area (Å²) in [6.07, 6.45) is 0. The van der Waals surface area contributed by atoms with E-state index in [2.05, 4.69) is 5.32 Å². The van der Waals surface area contributed by atoms with Crippen LogP contribution in [0.1, 0.15) is 10.4 Å². The molecular formula is C13H8FIN2O4. The molecule has 0 spiro atoms. The number of nitrogens with zero attached hydrogens (tertiary/aromatic N) is 1. The third-order valence-electron chi connectivity index (χ3n) is 2.61. The van der Waals surface area contributed by atoms with Crippen LogP contribution >= 0.6 is 22.6 Å². The first-order valence-corrected chi connectivity index (χ1v) is 6.70. The number of benzene rings is 2. The van der Waals surface area contributed by atoms with Crippen molar-refractivity contribution in [2.75, 3.05) is 5.32 Å². The number of aromatic hydroxyl groups is 1. The lowest BCUT2D eigenvalue weighted by atomic mass is 10.2. The number of carbonyl (C=O) groups excluding carboxylic acids is 1. The number of carbonyl (C=O) groups is 1. The number of amides is 1. The van der Waals surface area contributed by atoms with Crippen LogP contribution < -0.4 is 5.32 Å². The van der Waals surface area contributed by atoms with Crippen LogP contribution in [0.5, 0.6) is 5.75 Å². The highest BCUT2D eigenvalue weighted by Crippen LogP contribution is 2.23. The molecule has 0 unspecified atom stereocenters. The Morgan fingerprint density at radius 2 is 2.00 bits per heavy atom. The minimum absolute atomic E-state index is 0.110. The summed E-state index contributed by atoms with van der Waals surface area (Å²) in [5, 5.41) is 22.2. The van der Waals surface area contributed by atoms with Crippen molar-refractivity contribution in [3.8, 4) is 5.75 Å². The maximum absolute atomic E-state index is 13.2. The first kappa shape index (κ1) is 15.2. The van der Waals surface area contributed by atoms with Crippen LogP contribution in [0, 0.1) is 19.5 Å². The number of nitrogens with one attached hydrogen (secondary N) is 1. The fourth-order valence-corrected chi connectivity index (χ4v) is 2.16. The van der Waals surface area contributed by atoms with Gasteiger partial charge in [-0.05, 0) is 40.8 Å². The lowest BCUT2D eigenvalue weighted by Gasteiger charge is -2.07. The van der Waals surface area contributed by atoms with E-state index in [9.17, 15) is 19.3 Å². The smallest absolute Gasteiger partial charge is 0.270 e. The third-order valence-corrected chi connectivity index (χ3v) is 3.55. The van der Waals surface area contributed by atoms with E-state index in [1.54, 1.807) is 0 Å². The minimum atomic E-state index is -0.874. The first-order valence-electron chi connectivity index (χ1n) is 5.62. The SMILES string of the molecule is O=C(Nc1ccc(O)c(F)c1)c1cc([N+](=O)[O-])ccc1I. The van der Waals surface area contributed by atoms with Gasteiger partial charge in [0.05, 0.1) is 10.5 Å². The van der Waals surface area contributed by atoms with Crippen LogP contribution in [0.4, 0.5) is 15.8 Å². The molecule has 2 aromatic carbocycles. The predicted molar refractivity (Wildman–Crippen MR) is 81.8 cm³/mol. The molecule has 2 N–H and O–H groups in total. The number of phenolic OH excluding ortho intramolecular Hbond substituents is 1. The number of hydrogen-bond acceptors (Lipinski definition) is 4. The van der Waals surface area contributed by atoms with Crippen molar-refractivity contribution in [3.05, 3.63) is 61.5 Å². The van der Waals surface area contributed by atoms with Gasteiger partial charge in [-0.2, -0.15) is 0 Å². The summed E-state index contributed by atoms with van der Waals surface area (Å²) in [7, 11) is 0. The van der Waals surface area contributed by atoms with Crippen LogP contribution in [0.15, 0.2) is 36.4 Å². The van der Waals surface area contributed by atoms with Crippen molar-refractivity contribution in [1.82, 2.24) is 0 Å². The monoisotopic (exact) mass is 402 g/mol. The van der Waals surface area contributed by atoms with Gasteiger partial charge in [-0.3, -0.25) is 14.9 Å². The number of hydrogen-bond donors (Lipinski definition) is 2. The number of phenols is 1. The van der Waals surface area contributed by atoms with Crippen molar-refractivity contribution in [3.63, 3.8) is 0 Å². The van der Waals surface area contributed by atoms with Gasteiger partial charge in [0.25, 0.3) is 11.6 Å². The lowest BCUT2D eigenvalue weighted by molar-refractivity contribution is -0.384. The number of anilines is 1. The molecule has 0 aliphatic heterocycles. The molecule has 2 rings (SSSR count). The summed E-state index contributed by atoms with van der Waals surface area (Å²) in [5.41, 5.74) is 0.0355. The summed E-state index contributed by atoms with van der Waals surface area (Å²) in [4.78, 5) is 22.2. The fourth-order valence-electron chi connectivity index (χ4n) is 1.58. The first-order chi connectivity index (χ1) is 9.88. The molecule has 0 saturated carbocycles. The second-order valence-corrected chi connectivity index (χ2v) is 5.20. The van der Waals surface area contributed by atoms with Gasteiger partial charge < -0.3 is 10.4 Å². The van der Waals surface area contributed by atoms with Gasteiger partial charge in [0.2, 0.25) is 0 Å². The summed E-state index contributed by atoms with van der Waals surface area (Å²) < 4.78 is 13.7. The van der Waals surface area contributed by atoms with Gasteiger partial charge in [-0.25, -0.2) is 4.39 Å². The molecule has 0 bridgehead atoms. The molecule has 21 heavy (non-hydrogen) atoms. The molecule has 0 aliphatic rings. The van der Waals surface area contributed by atoms with Crippen LogP contribution in [0.25, 0.3) is 0 Å². The number of halogens is 2. The number of non-ortho nitro benzene ring substituents is 1. The van der Waals surface area contributed by atoms with Crippen molar-refractivity contribution in [2.45, 2.75) is 0 Å². The third kappa shape index (κ3) is 3.45. The zero-order valence-electron chi connectivity index (χ0n) is 10.3. The average molecular weight is 402 g/mol. The second kappa shape index (κ2) is 6.04. The average Bonchev–Trinajstić information content (AvgIpc) is 2.43. The van der Waals surface area contributed by atoms with Gasteiger partial charge in [-0.1, -0.05) is 0 Å². The highest BCUT2D eigenvalue weighted by atomic mass is 127. The molecule has 0 heterocycles. The molecule has 8 heteroatoms. The quantitative estimate of drug-likeness (QED) is 0.357. The van der Waals surface area contributed by atoms with Crippen LogP contribution in [-0.2, 0) is 0 Å². The summed E-state index contributed by atoms with van der Waals surface area (Å²) >= 11 is 1.87. The Bertz CT molecular complexity index is 736. The molecular weight excluding hydrogens is 394 g/mol. The Labute approximate surface area is 131 Å². The minimum Gasteiger partial charge on any atom is -0.505 e. The molecule has 0 atom stereocenters. The van der Waals surface area contributed by atoms with Crippen LogP contribution in [-0.4, -0.2) is 15.9 Å². The Morgan fingerprint density at radius 1 is 1.29 bits per heavy atom. The van der Waals surface area contributed by atoms with E-state index in [-0.39, 0.29) is 16.9 Å². The Kier molecular flexibility index (Phi) is 4.36. The normalized spacial score (nSPS) is 10.2. The molecule has 0 fully saturated rings. The molecule has 0 aromatic heterocycles. The second-order valence-electron chi connectivity index (χ2n) is 4.04. The van der Waals surface area contributed by atoms with Gasteiger partial charge in [-0.15, -0.1) is 0 Å². The van der Waals surface area contributed by atoms with E-state index in [0.29, 0.717) is 3.57 Å². The Morgan fingerprint density at radius 3 is 2.62 bits per heavy atom. The largest absolute Gasteiger partial charge is 0.505 e. The molecule has 108 valence electrons. The van der Waals surface area contributed by atoms with Crippen LogP contribution in [0.3, 0.4) is 0 Å². The van der Waals surface area contributed by atoms with E-state index < -0.39 is 22.4 Å². The van der Waals surface area contributed by atoms with Gasteiger partial charge >= 0.3 is 0 Å². The highest BCUT2D eigenvalue weighted by Gasteiger charge is 2.16. The van der Waals surface area contributed by atoms with Gasteiger partial charge in [0.15, 0.2) is 11.6 Å². The fraction of sp³-hybridized carbons (Fsp3) is 0. The van der Waals surface area contributed by atoms with Crippen molar-refractivity contribution >= 4 is 39.9 Å². The molecule has 0 aliphatic carbocycles. The van der Waals surface area contributed by atoms with Crippen molar-refractivity contribution in [2.24, 2.45) is 0 Å². The van der Waals surface area contributed by atoms with Gasteiger partial charge in [0, 0.05) is 27.5 Å². The molecule has 2 aromatic rings. The maximum atomic E-state index is 13.2. The zero-order chi connectivity index (χ0) is 15.6. The van der Waals surface area contributed by atoms with Crippen molar-refractivity contribution < 1.29 is 19.2 Å². The summed E-state index contributed by atoms with van der Waals surface area (Å²) in [5.74, 6) is -2.01. The van der Waals surface area contributed by atoms with Crippen LogP contribution in [0.2, 0.25) is 0 Å². The molecule has 0 radical (unpaired) electrons. The Hall–Kier alpha value is -2.23.